The standard InChI is InChI=1S/C16H14N4O2.C12H13F3N2O2/c17-16(22)20-14-15(21)18-12-9-5-4-8-11(12)13(19-14)10-6-2-1-3-7-10;13-12(14,15)8-1-2-9(11(16)18)10(7-8)17-3-5-19-6-4-17/h1-9,14H,(H,18,21)(H3,17,20,22);1-2,7H,3-6H2,(H2,16,18). The van der Waals surface area contributed by atoms with Gasteiger partial charge >= 0.3 is 12.2 Å². The summed E-state index contributed by atoms with van der Waals surface area (Å²) in [6.45, 7) is 1.69. The van der Waals surface area contributed by atoms with Crippen molar-refractivity contribution in [2.75, 3.05) is 36.5 Å². The summed E-state index contributed by atoms with van der Waals surface area (Å²) < 4.78 is 43.3. The highest BCUT2D eigenvalue weighted by Gasteiger charge is 2.32. The summed E-state index contributed by atoms with van der Waals surface area (Å²) in [6.07, 6.45) is -5.52. The number of para-hydroxylation sites is 1. The molecule has 1 fully saturated rings. The molecule has 1 unspecified atom stereocenters. The van der Waals surface area contributed by atoms with Crippen molar-refractivity contribution >= 4 is 34.9 Å². The van der Waals surface area contributed by atoms with E-state index in [0.29, 0.717) is 37.7 Å². The summed E-state index contributed by atoms with van der Waals surface area (Å²) in [5, 5.41) is 5.10. The van der Waals surface area contributed by atoms with Gasteiger partial charge in [0.15, 0.2) is 0 Å². The second-order valence-electron chi connectivity index (χ2n) is 8.98. The van der Waals surface area contributed by atoms with Gasteiger partial charge in [0, 0.05) is 24.2 Å². The summed E-state index contributed by atoms with van der Waals surface area (Å²) in [5.74, 6) is -1.17. The number of ether oxygens (including phenoxy) is 1. The summed E-state index contributed by atoms with van der Waals surface area (Å²) in [4.78, 5) is 40.7. The van der Waals surface area contributed by atoms with Crippen LogP contribution in [0.2, 0.25) is 0 Å². The average molecular weight is 569 g/mol. The van der Waals surface area contributed by atoms with Crippen molar-refractivity contribution in [3.63, 3.8) is 0 Å². The van der Waals surface area contributed by atoms with E-state index in [0.717, 1.165) is 29.3 Å². The number of hydrogen-bond acceptors (Lipinski definition) is 6. The Morgan fingerprint density at radius 1 is 0.976 bits per heavy atom. The molecule has 0 saturated carbocycles. The summed E-state index contributed by atoms with van der Waals surface area (Å²) in [7, 11) is 0. The fourth-order valence-electron chi connectivity index (χ4n) is 4.30. The lowest BCUT2D eigenvalue weighted by Gasteiger charge is -2.30. The number of anilines is 2. The largest absolute Gasteiger partial charge is 0.416 e. The lowest BCUT2D eigenvalue weighted by Crippen LogP contribution is -2.44. The first-order valence-electron chi connectivity index (χ1n) is 12.5. The molecule has 214 valence electrons. The molecule has 1 saturated heterocycles. The predicted octanol–water partition coefficient (Wildman–Crippen LogP) is 3.11. The van der Waals surface area contributed by atoms with E-state index in [4.69, 9.17) is 16.2 Å². The number of primary amides is 2. The average Bonchev–Trinajstić information content (AvgIpc) is 3.09. The van der Waals surface area contributed by atoms with Crippen molar-refractivity contribution in [2.24, 2.45) is 16.5 Å². The third-order valence-electron chi connectivity index (χ3n) is 6.22. The number of carbonyl (C=O) groups is 3. The molecular formula is C28H27F3N6O4. The molecule has 6 N–H and O–H groups in total. The first kappa shape index (κ1) is 29.1. The molecule has 0 aliphatic carbocycles. The van der Waals surface area contributed by atoms with Crippen LogP contribution in [0.4, 0.5) is 29.3 Å². The molecule has 5 rings (SSSR count). The van der Waals surface area contributed by atoms with E-state index in [-0.39, 0.29) is 11.3 Å². The fourth-order valence-corrected chi connectivity index (χ4v) is 4.30. The second kappa shape index (κ2) is 12.5. The Hall–Kier alpha value is -4.91. The van der Waals surface area contributed by atoms with Gasteiger partial charge in [-0.3, -0.25) is 9.59 Å². The van der Waals surface area contributed by atoms with Gasteiger partial charge in [0.05, 0.1) is 41.4 Å². The van der Waals surface area contributed by atoms with Crippen LogP contribution >= 0.6 is 0 Å². The van der Waals surface area contributed by atoms with Gasteiger partial charge in [-0.15, -0.1) is 0 Å². The van der Waals surface area contributed by atoms with Gasteiger partial charge in [0.25, 0.3) is 11.8 Å². The molecule has 2 aliphatic heterocycles. The minimum Gasteiger partial charge on any atom is -0.378 e. The zero-order valence-corrected chi connectivity index (χ0v) is 21.6. The number of benzodiazepines with no additional fused rings is 1. The number of fused-ring (bicyclic) bond motifs is 1. The number of hydrogen-bond donors (Lipinski definition) is 4. The van der Waals surface area contributed by atoms with Crippen LogP contribution in [0, 0.1) is 0 Å². The zero-order valence-electron chi connectivity index (χ0n) is 21.6. The van der Waals surface area contributed by atoms with Crippen LogP contribution < -0.4 is 27.0 Å². The Morgan fingerprint density at radius 2 is 1.63 bits per heavy atom. The molecule has 0 radical (unpaired) electrons. The number of aliphatic imine (C=N–C) groups is 1. The van der Waals surface area contributed by atoms with Gasteiger partial charge < -0.3 is 31.7 Å². The number of nitrogens with zero attached hydrogens (tertiary/aromatic N) is 2. The summed E-state index contributed by atoms with van der Waals surface area (Å²) in [5.41, 5.74) is 12.7. The molecule has 0 bridgehead atoms. The molecule has 2 heterocycles. The van der Waals surface area contributed by atoms with E-state index >= 15 is 0 Å². The molecule has 3 aromatic rings. The lowest BCUT2D eigenvalue weighted by molar-refractivity contribution is -0.137. The number of rotatable bonds is 4. The van der Waals surface area contributed by atoms with Crippen LogP contribution in [0.5, 0.6) is 0 Å². The normalized spacial score (nSPS) is 16.7. The van der Waals surface area contributed by atoms with Gasteiger partial charge in [0.1, 0.15) is 0 Å². The Kier molecular flexibility index (Phi) is 8.87. The maximum absolute atomic E-state index is 12.7. The fraction of sp³-hybridized carbons (Fsp3) is 0.214. The van der Waals surface area contributed by atoms with Crippen LogP contribution in [0.15, 0.2) is 77.8 Å². The highest BCUT2D eigenvalue weighted by molar-refractivity contribution is 6.19. The molecule has 0 aromatic heterocycles. The number of nitrogens with two attached hydrogens (primary N) is 2. The lowest BCUT2D eigenvalue weighted by atomic mass is 10.0. The smallest absolute Gasteiger partial charge is 0.378 e. The topological polar surface area (TPSA) is 152 Å². The third kappa shape index (κ3) is 7.19. The quantitative estimate of drug-likeness (QED) is 0.381. The van der Waals surface area contributed by atoms with Crippen molar-refractivity contribution in [3.8, 4) is 0 Å². The van der Waals surface area contributed by atoms with Crippen LogP contribution in [0.3, 0.4) is 0 Å². The van der Waals surface area contributed by atoms with Crippen molar-refractivity contribution < 1.29 is 32.3 Å². The molecule has 10 nitrogen and oxygen atoms in total. The van der Waals surface area contributed by atoms with Crippen molar-refractivity contribution in [1.82, 2.24) is 5.32 Å². The van der Waals surface area contributed by atoms with Gasteiger partial charge in [-0.2, -0.15) is 13.2 Å². The number of morpholine rings is 1. The highest BCUT2D eigenvalue weighted by Crippen LogP contribution is 2.33. The molecule has 13 heteroatoms. The van der Waals surface area contributed by atoms with Gasteiger partial charge in [-0.1, -0.05) is 48.5 Å². The van der Waals surface area contributed by atoms with E-state index in [2.05, 4.69) is 15.6 Å². The molecule has 2 aliphatic rings. The highest BCUT2D eigenvalue weighted by atomic mass is 19.4. The maximum atomic E-state index is 12.7. The maximum Gasteiger partial charge on any atom is 0.416 e. The monoisotopic (exact) mass is 568 g/mol. The first-order valence-corrected chi connectivity index (χ1v) is 12.5. The van der Waals surface area contributed by atoms with E-state index in [1.54, 1.807) is 11.0 Å². The minimum atomic E-state index is -4.45. The number of benzene rings is 3. The first-order chi connectivity index (χ1) is 19.5. The van der Waals surface area contributed by atoms with E-state index in [1.165, 1.54) is 0 Å². The molecule has 0 spiro atoms. The van der Waals surface area contributed by atoms with Crippen LogP contribution in [-0.2, 0) is 15.7 Å². The van der Waals surface area contributed by atoms with Crippen molar-refractivity contribution in [1.29, 1.82) is 0 Å². The van der Waals surface area contributed by atoms with Crippen LogP contribution in [0.25, 0.3) is 0 Å². The summed E-state index contributed by atoms with van der Waals surface area (Å²) in [6, 6.07) is 19.0. The zero-order chi connectivity index (χ0) is 29.6. The van der Waals surface area contributed by atoms with Crippen LogP contribution in [0.1, 0.15) is 27.0 Å². The van der Waals surface area contributed by atoms with Gasteiger partial charge in [0.2, 0.25) is 6.17 Å². The SMILES string of the molecule is NC(=O)NC1N=C(c2ccccc2)c2ccccc2NC1=O.NC(=O)c1ccc(C(F)(F)F)cc1N1CCOCC1. The van der Waals surface area contributed by atoms with Crippen molar-refractivity contribution in [3.05, 3.63) is 95.1 Å². The number of urea groups is 1. The predicted molar refractivity (Wildman–Crippen MR) is 147 cm³/mol. The Morgan fingerprint density at radius 3 is 2.27 bits per heavy atom. The molecule has 1 atom stereocenters. The Balaban J connectivity index is 0.000000191. The third-order valence-corrected chi connectivity index (χ3v) is 6.22. The molecular weight excluding hydrogens is 541 g/mol. The molecule has 3 aromatic carbocycles. The van der Waals surface area contributed by atoms with Crippen molar-refractivity contribution in [2.45, 2.75) is 12.3 Å². The minimum absolute atomic E-state index is 0.0925. The number of halogens is 3. The van der Waals surface area contributed by atoms with E-state index in [9.17, 15) is 27.6 Å². The second-order valence-corrected chi connectivity index (χ2v) is 8.98. The van der Waals surface area contributed by atoms with Gasteiger partial charge in [-0.25, -0.2) is 9.79 Å². The Bertz CT molecular complexity index is 1460. The number of alkyl halides is 3. The van der Waals surface area contributed by atoms with Gasteiger partial charge in [-0.05, 0) is 24.3 Å². The number of nitrogens with one attached hydrogen (secondary N) is 2. The van der Waals surface area contributed by atoms with Crippen LogP contribution in [-0.4, -0.2) is 56.0 Å². The number of carbonyl (C=O) groups excluding carboxylic acids is 3. The summed E-state index contributed by atoms with van der Waals surface area (Å²) >= 11 is 0. The number of amides is 4. The molecule has 4 amide bonds. The Labute approximate surface area is 233 Å². The van der Waals surface area contributed by atoms with E-state index < -0.39 is 35.8 Å². The van der Waals surface area contributed by atoms with E-state index in [1.807, 2.05) is 48.5 Å². The molecule has 41 heavy (non-hydrogen) atoms.